The summed E-state index contributed by atoms with van der Waals surface area (Å²) in [5.74, 6) is 0. The molecule has 0 bridgehead atoms. The lowest BCUT2D eigenvalue weighted by atomic mass is 10.1. The van der Waals surface area contributed by atoms with Crippen LogP contribution in [0.15, 0.2) is 0 Å². The number of hydrogen-bond acceptors (Lipinski definition) is 1. The molecule has 1 unspecified atom stereocenters. The van der Waals surface area contributed by atoms with Gasteiger partial charge in [0.05, 0.1) is 0 Å². The standard InChI is InChI=1S/C14H28BrN/c1-2-3-4-5-8-11-16-12-9-6-7-10-14(16)13-15/h14H,2-13H2,1H3. The normalized spacial score (nSPS) is 23.2. The Balaban J connectivity index is 2.15. The first-order valence-electron chi connectivity index (χ1n) is 7.18. The van der Waals surface area contributed by atoms with Crippen molar-refractivity contribution < 1.29 is 0 Å². The third-order valence-corrected chi connectivity index (χ3v) is 4.47. The molecule has 0 radical (unpaired) electrons. The number of halogens is 1. The molecule has 1 nitrogen and oxygen atoms in total. The van der Waals surface area contributed by atoms with Crippen molar-refractivity contribution in [2.45, 2.75) is 70.8 Å². The van der Waals surface area contributed by atoms with Crippen molar-refractivity contribution in [3.63, 3.8) is 0 Å². The summed E-state index contributed by atoms with van der Waals surface area (Å²) in [5.41, 5.74) is 0. The maximum absolute atomic E-state index is 3.68. The van der Waals surface area contributed by atoms with E-state index in [2.05, 4.69) is 27.8 Å². The van der Waals surface area contributed by atoms with Crippen LogP contribution in [0.1, 0.15) is 64.7 Å². The molecule has 0 aromatic carbocycles. The minimum atomic E-state index is 0.814. The molecular formula is C14H28BrN. The van der Waals surface area contributed by atoms with Crippen LogP contribution in [-0.4, -0.2) is 29.4 Å². The Morgan fingerprint density at radius 1 is 1.06 bits per heavy atom. The van der Waals surface area contributed by atoms with Gasteiger partial charge in [0.25, 0.3) is 0 Å². The van der Waals surface area contributed by atoms with Crippen LogP contribution in [0.5, 0.6) is 0 Å². The minimum absolute atomic E-state index is 0.814. The largest absolute Gasteiger partial charge is 0.300 e. The zero-order chi connectivity index (χ0) is 11.6. The first-order valence-corrected chi connectivity index (χ1v) is 8.30. The molecule has 1 rings (SSSR count). The van der Waals surface area contributed by atoms with E-state index in [1.54, 1.807) is 0 Å². The van der Waals surface area contributed by atoms with Crippen LogP contribution in [0.4, 0.5) is 0 Å². The quantitative estimate of drug-likeness (QED) is 0.489. The molecule has 0 N–H and O–H groups in total. The first-order chi connectivity index (χ1) is 7.88. The van der Waals surface area contributed by atoms with Gasteiger partial charge in [-0.1, -0.05) is 61.4 Å². The van der Waals surface area contributed by atoms with E-state index < -0.39 is 0 Å². The van der Waals surface area contributed by atoms with Crippen molar-refractivity contribution in [2.24, 2.45) is 0 Å². The second kappa shape index (κ2) is 9.47. The Bertz CT molecular complexity index is 161. The summed E-state index contributed by atoms with van der Waals surface area (Å²) in [7, 11) is 0. The van der Waals surface area contributed by atoms with Gasteiger partial charge in [0, 0.05) is 11.4 Å². The Morgan fingerprint density at radius 3 is 2.62 bits per heavy atom. The van der Waals surface area contributed by atoms with Gasteiger partial charge in [0.2, 0.25) is 0 Å². The summed E-state index contributed by atoms with van der Waals surface area (Å²) >= 11 is 3.68. The molecule has 0 saturated carbocycles. The van der Waals surface area contributed by atoms with Crippen molar-refractivity contribution in [3.05, 3.63) is 0 Å². The molecule has 1 saturated heterocycles. The second-order valence-corrected chi connectivity index (χ2v) is 5.76. The highest BCUT2D eigenvalue weighted by Gasteiger charge is 2.18. The van der Waals surface area contributed by atoms with Crippen LogP contribution < -0.4 is 0 Å². The summed E-state index contributed by atoms with van der Waals surface area (Å²) in [4.78, 5) is 2.73. The van der Waals surface area contributed by atoms with E-state index in [0.717, 1.165) is 6.04 Å². The Hall–Kier alpha value is 0.440. The van der Waals surface area contributed by atoms with Gasteiger partial charge in [-0.05, 0) is 32.4 Å². The molecule has 1 heterocycles. The summed E-state index contributed by atoms with van der Waals surface area (Å²) in [6.45, 7) is 4.96. The monoisotopic (exact) mass is 289 g/mol. The van der Waals surface area contributed by atoms with E-state index in [9.17, 15) is 0 Å². The molecule has 1 fully saturated rings. The molecule has 0 aromatic rings. The number of alkyl halides is 1. The second-order valence-electron chi connectivity index (χ2n) is 5.11. The fourth-order valence-corrected chi connectivity index (χ4v) is 3.36. The van der Waals surface area contributed by atoms with Crippen molar-refractivity contribution in [3.8, 4) is 0 Å². The van der Waals surface area contributed by atoms with Crippen LogP contribution in [0.3, 0.4) is 0 Å². The van der Waals surface area contributed by atoms with Crippen molar-refractivity contribution in [2.75, 3.05) is 18.4 Å². The average molecular weight is 290 g/mol. The number of nitrogens with zero attached hydrogens (tertiary/aromatic N) is 1. The fraction of sp³-hybridized carbons (Fsp3) is 1.00. The number of likely N-dealkylation sites (tertiary alicyclic amines) is 1. The van der Waals surface area contributed by atoms with E-state index in [4.69, 9.17) is 0 Å². The Kier molecular flexibility index (Phi) is 8.58. The van der Waals surface area contributed by atoms with Gasteiger partial charge in [-0.25, -0.2) is 0 Å². The maximum Gasteiger partial charge on any atom is 0.0192 e. The molecule has 0 amide bonds. The summed E-state index contributed by atoms with van der Waals surface area (Å²) in [6.07, 6.45) is 12.7. The van der Waals surface area contributed by atoms with Crippen molar-refractivity contribution in [1.29, 1.82) is 0 Å². The molecule has 2 heteroatoms. The Labute approximate surface area is 110 Å². The minimum Gasteiger partial charge on any atom is -0.300 e. The van der Waals surface area contributed by atoms with Crippen LogP contribution in [-0.2, 0) is 0 Å². The number of hydrogen-bond donors (Lipinski definition) is 0. The van der Waals surface area contributed by atoms with Crippen LogP contribution in [0.2, 0.25) is 0 Å². The molecular weight excluding hydrogens is 262 g/mol. The third-order valence-electron chi connectivity index (χ3n) is 3.73. The van der Waals surface area contributed by atoms with Crippen molar-refractivity contribution in [1.82, 2.24) is 4.90 Å². The highest BCUT2D eigenvalue weighted by Crippen LogP contribution is 2.19. The predicted octanol–water partition coefficient (Wildman–Crippen LogP) is 4.60. The van der Waals surface area contributed by atoms with Crippen LogP contribution >= 0.6 is 15.9 Å². The molecule has 96 valence electrons. The topological polar surface area (TPSA) is 3.24 Å². The molecule has 1 atom stereocenters. The van der Waals surface area contributed by atoms with Gasteiger partial charge in [0.1, 0.15) is 0 Å². The zero-order valence-corrected chi connectivity index (χ0v) is 12.5. The number of unbranched alkanes of at least 4 members (excludes halogenated alkanes) is 4. The molecule has 16 heavy (non-hydrogen) atoms. The molecule has 1 aliphatic heterocycles. The average Bonchev–Trinajstić information content (AvgIpc) is 2.53. The zero-order valence-electron chi connectivity index (χ0n) is 10.9. The first kappa shape index (κ1) is 14.5. The van der Waals surface area contributed by atoms with E-state index in [0.29, 0.717) is 0 Å². The molecule has 0 aromatic heterocycles. The highest BCUT2D eigenvalue weighted by atomic mass is 79.9. The van der Waals surface area contributed by atoms with E-state index in [1.807, 2.05) is 0 Å². The van der Waals surface area contributed by atoms with Gasteiger partial charge < -0.3 is 0 Å². The summed E-state index contributed by atoms with van der Waals surface area (Å²) in [6, 6.07) is 0.814. The van der Waals surface area contributed by atoms with Gasteiger partial charge in [-0.2, -0.15) is 0 Å². The van der Waals surface area contributed by atoms with Gasteiger partial charge in [-0.15, -0.1) is 0 Å². The summed E-state index contributed by atoms with van der Waals surface area (Å²) < 4.78 is 0. The van der Waals surface area contributed by atoms with Crippen LogP contribution in [0, 0.1) is 0 Å². The summed E-state index contributed by atoms with van der Waals surface area (Å²) in [5, 5.41) is 1.17. The lowest BCUT2D eigenvalue weighted by Crippen LogP contribution is -2.36. The van der Waals surface area contributed by atoms with E-state index >= 15 is 0 Å². The number of rotatable bonds is 7. The molecule has 0 aliphatic carbocycles. The van der Waals surface area contributed by atoms with Gasteiger partial charge in [0.15, 0.2) is 0 Å². The maximum atomic E-state index is 3.68. The highest BCUT2D eigenvalue weighted by molar-refractivity contribution is 9.09. The smallest absolute Gasteiger partial charge is 0.0192 e. The lowest BCUT2D eigenvalue weighted by molar-refractivity contribution is 0.213. The van der Waals surface area contributed by atoms with Crippen molar-refractivity contribution >= 4 is 15.9 Å². The van der Waals surface area contributed by atoms with E-state index in [-0.39, 0.29) is 0 Å². The van der Waals surface area contributed by atoms with Gasteiger partial charge >= 0.3 is 0 Å². The lowest BCUT2D eigenvalue weighted by Gasteiger charge is -2.28. The Morgan fingerprint density at radius 2 is 1.88 bits per heavy atom. The van der Waals surface area contributed by atoms with Gasteiger partial charge in [-0.3, -0.25) is 4.90 Å². The fourth-order valence-electron chi connectivity index (χ4n) is 2.62. The van der Waals surface area contributed by atoms with E-state index in [1.165, 1.54) is 76.2 Å². The third kappa shape index (κ3) is 5.67. The molecule has 1 aliphatic rings. The van der Waals surface area contributed by atoms with Crippen LogP contribution in [0.25, 0.3) is 0 Å². The predicted molar refractivity (Wildman–Crippen MR) is 76.4 cm³/mol. The molecule has 0 spiro atoms. The SMILES string of the molecule is CCCCCCCN1CCCCCC1CBr.